The molecule has 168 valence electrons. The van der Waals surface area contributed by atoms with Gasteiger partial charge in [-0.1, -0.05) is 29.8 Å². The van der Waals surface area contributed by atoms with E-state index >= 15 is 0 Å². The summed E-state index contributed by atoms with van der Waals surface area (Å²) in [6, 6.07) is 10.6. The molecule has 0 aromatic heterocycles. The summed E-state index contributed by atoms with van der Waals surface area (Å²) in [5.74, 6) is -0.213. The molecule has 5 rings (SSSR count). The van der Waals surface area contributed by atoms with E-state index in [2.05, 4.69) is 5.32 Å². The Hall–Kier alpha value is -2.62. The van der Waals surface area contributed by atoms with Gasteiger partial charge in [-0.3, -0.25) is 9.59 Å². The maximum absolute atomic E-state index is 13.3. The van der Waals surface area contributed by atoms with Gasteiger partial charge in [0.05, 0.1) is 10.7 Å². The number of hydrogen-bond donors (Lipinski definition) is 1. The summed E-state index contributed by atoms with van der Waals surface area (Å²) < 4.78 is 33.2. The molecule has 3 aliphatic heterocycles. The summed E-state index contributed by atoms with van der Waals surface area (Å²) in [4.78, 5) is 26.4. The van der Waals surface area contributed by atoms with Crippen molar-refractivity contribution in [1.29, 1.82) is 0 Å². The summed E-state index contributed by atoms with van der Waals surface area (Å²) >= 11 is 6.25. The van der Waals surface area contributed by atoms with E-state index in [1.165, 1.54) is 22.0 Å². The van der Waals surface area contributed by atoms with Crippen LogP contribution in [-0.4, -0.2) is 50.8 Å². The highest BCUT2D eigenvalue weighted by molar-refractivity contribution is 7.89. The van der Waals surface area contributed by atoms with E-state index in [4.69, 9.17) is 16.3 Å². The molecule has 3 aliphatic rings. The number of halogens is 1. The Labute approximate surface area is 191 Å². The predicted octanol–water partition coefficient (Wildman–Crippen LogP) is 2.66. The molecule has 8 nitrogen and oxygen atoms in total. The van der Waals surface area contributed by atoms with Crippen LogP contribution in [0.5, 0.6) is 5.75 Å². The molecule has 2 amide bonds. The normalized spacial score (nSPS) is 19.2. The zero-order valence-electron chi connectivity index (χ0n) is 17.2. The number of carbonyl (C=O) groups excluding carboxylic acids is 2. The van der Waals surface area contributed by atoms with Crippen molar-refractivity contribution >= 4 is 44.8 Å². The van der Waals surface area contributed by atoms with Crippen LogP contribution in [0.2, 0.25) is 5.02 Å². The number of amides is 2. The number of nitrogens with one attached hydrogen (secondary N) is 1. The van der Waals surface area contributed by atoms with Crippen LogP contribution < -0.4 is 15.0 Å². The topological polar surface area (TPSA) is 96.0 Å². The van der Waals surface area contributed by atoms with Crippen LogP contribution in [-0.2, 0) is 26.0 Å². The highest BCUT2D eigenvalue weighted by Gasteiger charge is 2.37. The maximum Gasteiger partial charge on any atom is 0.262 e. The average Bonchev–Trinajstić information content (AvgIpc) is 3.22. The van der Waals surface area contributed by atoms with Crippen molar-refractivity contribution < 1.29 is 22.7 Å². The Bertz CT molecular complexity index is 1210. The lowest BCUT2D eigenvalue weighted by Gasteiger charge is -2.33. The third-order valence-corrected chi connectivity index (χ3v) is 8.60. The van der Waals surface area contributed by atoms with Gasteiger partial charge in [0.15, 0.2) is 6.61 Å². The van der Waals surface area contributed by atoms with Crippen molar-refractivity contribution in [2.24, 2.45) is 5.92 Å². The van der Waals surface area contributed by atoms with Crippen LogP contribution in [0.3, 0.4) is 0 Å². The number of fused-ring (bicyclic) bond motifs is 2. The fourth-order valence-corrected chi connectivity index (χ4v) is 6.54. The number of sulfonamides is 1. The zero-order valence-corrected chi connectivity index (χ0v) is 18.8. The second kappa shape index (κ2) is 8.06. The number of hydrogen-bond acceptors (Lipinski definition) is 5. The van der Waals surface area contributed by atoms with Gasteiger partial charge in [-0.25, -0.2) is 8.42 Å². The van der Waals surface area contributed by atoms with E-state index in [0.717, 1.165) is 12.1 Å². The van der Waals surface area contributed by atoms with Gasteiger partial charge in [-0.05, 0) is 37.0 Å². The molecular formula is C22H22ClN3O5S. The Morgan fingerprint density at radius 3 is 2.66 bits per heavy atom. The van der Waals surface area contributed by atoms with Crippen LogP contribution in [0.25, 0.3) is 0 Å². The maximum atomic E-state index is 13.3. The number of carbonyl (C=O) groups is 2. The Morgan fingerprint density at radius 1 is 1.12 bits per heavy atom. The van der Waals surface area contributed by atoms with Gasteiger partial charge in [0.25, 0.3) is 5.91 Å². The lowest BCUT2D eigenvalue weighted by molar-refractivity contribution is -0.123. The molecule has 1 N–H and O–H groups in total. The molecule has 0 bridgehead atoms. The highest BCUT2D eigenvalue weighted by Crippen LogP contribution is 2.38. The fraction of sp³-hybridized carbons (Fsp3) is 0.364. The number of anilines is 2. The van der Waals surface area contributed by atoms with E-state index in [-0.39, 0.29) is 53.1 Å². The first-order chi connectivity index (χ1) is 15.3. The van der Waals surface area contributed by atoms with Gasteiger partial charge in [0, 0.05) is 37.3 Å². The summed E-state index contributed by atoms with van der Waals surface area (Å²) in [6.07, 6.45) is 1.74. The number of para-hydroxylation sites is 1. The molecule has 1 fully saturated rings. The Kier molecular flexibility index (Phi) is 5.35. The van der Waals surface area contributed by atoms with Gasteiger partial charge in [-0.2, -0.15) is 4.31 Å². The molecular weight excluding hydrogens is 454 g/mol. The van der Waals surface area contributed by atoms with Crippen LogP contribution in [0.15, 0.2) is 41.3 Å². The molecule has 32 heavy (non-hydrogen) atoms. The van der Waals surface area contributed by atoms with Crippen molar-refractivity contribution in [2.75, 3.05) is 36.5 Å². The summed E-state index contributed by atoms with van der Waals surface area (Å²) in [5, 5.41) is 2.63. The number of rotatable bonds is 3. The number of piperidine rings is 1. The van der Waals surface area contributed by atoms with Crippen LogP contribution in [0, 0.1) is 5.92 Å². The van der Waals surface area contributed by atoms with E-state index in [9.17, 15) is 18.0 Å². The van der Waals surface area contributed by atoms with Crippen LogP contribution in [0.4, 0.5) is 11.4 Å². The van der Waals surface area contributed by atoms with Crippen molar-refractivity contribution in [3.05, 3.63) is 47.0 Å². The van der Waals surface area contributed by atoms with Gasteiger partial charge in [0.1, 0.15) is 10.6 Å². The Balaban J connectivity index is 1.30. The third-order valence-electron chi connectivity index (χ3n) is 6.24. The van der Waals surface area contributed by atoms with E-state index in [0.29, 0.717) is 25.1 Å². The monoisotopic (exact) mass is 475 g/mol. The predicted molar refractivity (Wildman–Crippen MR) is 120 cm³/mol. The standard InChI is InChI=1S/C22H22ClN3O5S/c23-16-11-17-19(31-13-21(27)24-17)12-20(16)32(29,30)25-8-5-15(6-9-25)22(28)26-10-7-14-3-1-2-4-18(14)26/h1-4,11-12,15H,5-10,13H2,(H,24,27). The van der Waals surface area contributed by atoms with Crippen LogP contribution in [0.1, 0.15) is 18.4 Å². The minimum atomic E-state index is -3.87. The van der Waals surface area contributed by atoms with Gasteiger partial charge >= 0.3 is 0 Å². The number of nitrogens with zero attached hydrogens (tertiary/aromatic N) is 2. The fourth-order valence-electron chi connectivity index (χ4n) is 4.55. The van der Waals surface area contributed by atoms with Crippen molar-refractivity contribution in [2.45, 2.75) is 24.2 Å². The minimum Gasteiger partial charge on any atom is -0.482 e. The molecule has 2 aromatic carbocycles. The summed E-state index contributed by atoms with van der Waals surface area (Å²) in [5.41, 5.74) is 2.47. The van der Waals surface area contributed by atoms with Crippen molar-refractivity contribution in [1.82, 2.24) is 4.31 Å². The molecule has 2 aromatic rings. The average molecular weight is 476 g/mol. The van der Waals surface area contributed by atoms with E-state index < -0.39 is 10.0 Å². The molecule has 0 saturated carbocycles. The second-order valence-electron chi connectivity index (χ2n) is 8.16. The van der Waals surface area contributed by atoms with Crippen molar-refractivity contribution in [3.8, 4) is 5.75 Å². The first-order valence-corrected chi connectivity index (χ1v) is 12.3. The number of benzene rings is 2. The zero-order chi connectivity index (χ0) is 22.5. The molecule has 0 radical (unpaired) electrons. The largest absolute Gasteiger partial charge is 0.482 e. The lowest BCUT2D eigenvalue weighted by Crippen LogP contribution is -2.44. The molecule has 1 saturated heterocycles. The molecule has 10 heteroatoms. The summed E-state index contributed by atoms with van der Waals surface area (Å²) in [7, 11) is -3.87. The molecule has 0 atom stereocenters. The quantitative estimate of drug-likeness (QED) is 0.736. The van der Waals surface area contributed by atoms with Gasteiger partial charge in [0.2, 0.25) is 15.9 Å². The minimum absolute atomic E-state index is 0.0152. The number of ether oxygens (including phenoxy) is 1. The molecule has 0 unspecified atom stereocenters. The molecule has 0 aliphatic carbocycles. The summed E-state index contributed by atoms with van der Waals surface area (Å²) in [6.45, 7) is 0.956. The van der Waals surface area contributed by atoms with E-state index in [1.54, 1.807) is 0 Å². The first kappa shape index (κ1) is 21.2. The van der Waals surface area contributed by atoms with E-state index in [1.807, 2.05) is 29.2 Å². The van der Waals surface area contributed by atoms with Crippen LogP contribution >= 0.6 is 11.6 Å². The molecule has 0 spiro atoms. The van der Waals surface area contributed by atoms with Gasteiger partial charge < -0.3 is 15.0 Å². The molecule has 3 heterocycles. The van der Waals surface area contributed by atoms with Crippen molar-refractivity contribution in [3.63, 3.8) is 0 Å². The highest BCUT2D eigenvalue weighted by atomic mass is 35.5. The SMILES string of the molecule is O=C1COc2cc(S(=O)(=O)N3CCC(C(=O)N4CCc5ccccc54)CC3)c(Cl)cc2N1. The lowest BCUT2D eigenvalue weighted by atomic mass is 9.96. The van der Waals surface area contributed by atoms with Gasteiger partial charge in [-0.15, -0.1) is 0 Å². The third kappa shape index (κ3) is 3.64. The smallest absolute Gasteiger partial charge is 0.262 e. The Morgan fingerprint density at radius 2 is 1.88 bits per heavy atom. The first-order valence-electron chi connectivity index (χ1n) is 10.5. The second-order valence-corrected chi connectivity index (χ2v) is 10.5.